The number of hydrogen-bond donors (Lipinski definition) is 2. The molecule has 1 aromatic rings. The number of carbonyl (C=O) groups is 3. The molecule has 0 bridgehead atoms. The predicted molar refractivity (Wildman–Crippen MR) is 89.1 cm³/mol. The molecule has 2 N–H and O–H groups in total. The number of halogens is 1. The lowest BCUT2D eigenvalue weighted by atomic mass is 10.1. The van der Waals surface area contributed by atoms with Gasteiger partial charge in [0, 0.05) is 6.04 Å². The van der Waals surface area contributed by atoms with Crippen molar-refractivity contribution in [2.45, 2.75) is 31.5 Å². The lowest BCUT2D eigenvalue weighted by molar-refractivity contribution is -0.131. The Morgan fingerprint density at radius 1 is 1.35 bits per heavy atom. The van der Waals surface area contributed by atoms with E-state index in [1.165, 1.54) is 18.2 Å². The van der Waals surface area contributed by atoms with Crippen molar-refractivity contribution in [3.8, 4) is 0 Å². The van der Waals surface area contributed by atoms with Gasteiger partial charge >= 0.3 is 6.03 Å². The van der Waals surface area contributed by atoms with Gasteiger partial charge < -0.3 is 10.6 Å². The number of benzene rings is 1. The molecule has 0 saturated carbocycles. The SMILES string of the molecule is O=C(C[C@H]1NC(=O)N(Cc2cccc(F)c2)C1=O)N[C@H]1CCS(=O)(=O)C1. The largest absolute Gasteiger partial charge is 0.352 e. The van der Waals surface area contributed by atoms with Gasteiger partial charge in [0.05, 0.1) is 24.5 Å². The molecular weight excluding hydrogens is 365 g/mol. The molecule has 2 saturated heterocycles. The maximum absolute atomic E-state index is 13.2. The number of hydrogen-bond acceptors (Lipinski definition) is 5. The average Bonchev–Trinajstić information content (AvgIpc) is 3.01. The van der Waals surface area contributed by atoms with Crippen molar-refractivity contribution in [2.24, 2.45) is 0 Å². The Morgan fingerprint density at radius 2 is 2.12 bits per heavy atom. The van der Waals surface area contributed by atoms with Gasteiger partial charge in [-0.1, -0.05) is 12.1 Å². The summed E-state index contributed by atoms with van der Waals surface area (Å²) in [5.41, 5.74) is 0.453. The Bertz CT molecular complexity index is 857. The smallest absolute Gasteiger partial charge is 0.325 e. The molecule has 10 heteroatoms. The van der Waals surface area contributed by atoms with Gasteiger partial charge in [-0.2, -0.15) is 0 Å². The summed E-state index contributed by atoms with van der Waals surface area (Å²) in [5.74, 6) is -1.64. The standard InChI is InChI=1S/C16H18FN3O5S/c17-11-3-1-2-10(6-11)8-20-15(22)13(19-16(20)23)7-14(21)18-12-4-5-26(24,25)9-12/h1-3,6,12-13H,4-5,7-9H2,(H,18,21)(H,19,23)/t12-,13+/m0/s1. The Hall–Kier alpha value is -2.49. The maximum Gasteiger partial charge on any atom is 0.325 e. The molecule has 2 atom stereocenters. The maximum atomic E-state index is 13.2. The van der Waals surface area contributed by atoms with E-state index in [4.69, 9.17) is 0 Å². The molecule has 0 unspecified atom stereocenters. The van der Waals surface area contributed by atoms with E-state index in [9.17, 15) is 27.2 Å². The van der Waals surface area contributed by atoms with Crippen LogP contribution in [0.2, 0.25) is 0 Å². The Balaban J connectivity index is 1.57. The molecule has 26 heavy (non-hydrogen) atoms. The summed E-state index contributed by atoms with van der Waals surface area (Å²) < 4.78 is 36.0. The van der Waals surface area contributed by atoms with Gasteiger partial charge in [-0.15, -0.1) is 0 Å². The Labute approximate surface area is 149 Å². The van der Waals surface area contributed by atoms with Crippen molar-refractivity contribution in [3.05, 3.63) is 35.6 Å². The fourth-order valence-electron chi connectivity index (χ4n) is 3.06. The molecule has 2 fully saturated rings. The van der Waals surface area contributed by atoms with Gasteiger partial charge in [0.25, 0.3) is 5.91 Å². The zero-order chi connectivity index (χ0) is 18.9. The number of imide groups is 1. The van der Waals surface area contributed by atoms with E-state index in [1.54, 1.807) is 6.07 Å². The number of rotatable bonds is 5. The fraction of sp³-hybridized carbons (Fsp3) is 0.438. The fourth-order valence-corrected chi connectivity index (χ4v) is 4.74. The lowest BCUT2D eigenvalue weighted by Crippen LogP contribution is -2.41. The third-order valence-electron chi connectivity index (χ3n) is 4.32. The number of carbonyl (C=O) groups excluding carboxylic acids is 3. The van der Waals surface area contributed by atoms with E-state index in [0.29, 0.717) is 12.0 Å². The van der Waals surface area contributed by atoms with Crippen LogP contribution in [0, 0.1) is 5.82 Å². The van der Waals surface area contributed by atoms with Crippen LogP contribution in [-0.2, 0) is 26.0 Å². The monoisotopic (exact) mass is 383 g/mol. The first kappa shape index (κ1) is 18.3. The number of nitrogens with one attached hydrogen (secondary N) is 2. The van der Waals surface area contributed by atoms with Crippen molar-refractivity contribution in [2.75, 3.05) is 11.5 Å². The first-order chi connectivity index (χ1) is 12.2. The lowest BCUT2D eigenvalue weighted by Gasteiger charge is -2.14. The molecule has 2 aliphatic heterocycles. The summed E-state index contributed by atoms with van der Waals surface area (Å²) in [6.45, 7) is -0.0958. The second-order valence-corrected chi connectivity index (χ2v) is 8.66. The van der Waals surface area contributed by atoms with Crippen LogP contribution >= 0.6 is 0 Å². The summed E-state index contributed by atoms with van der Waals surface area (Å²) in [6.07, 6.45) is 0.0610. The van der Waals surface area contributed by atoms with Crippen LogP contribution in [0.25, 0.3) is 0 Å². The minimum absolute atomic E-state index is 0.0262. The predicted octanol–water partition coefficient (Wildman–Crippen LogP) is -0.0605. The van der Waals surface area contributed by atoms with Gasteiger partial charge in [0.2, 0.25) is 5.91 Å². The van der Waals surface area contributed by atoms with Crippen LogP contribution in [0.4, 0.5) is 9.18 Å². The Morgan fingerprint density at radius 3 is 2.77 bits per heavy atom. The minimum Gasteiger partial charge on any atom is -0.352 e. The molecule has 0 spiro atoms. The third-order valence-corrected chi connectivity index (χ3v) is 6.09. The van der Waals surface area contributed by atoms with E-state index in [2.05, 4.69) is 10.6 Å². The molecule has 140 valence electrons. The first-order valence-corrected chi connectivity index (χ1v) is 9.92. The van der Waals surface area contributed by atoms with Crippen molar-refractivity contribution in [3.63, 3.8) is 0 Å². The summed E-state index contributed by atoms with van der Waals surface area (Å²) in [4.78, 5) is 37.3. The molecule has 4 amide bonds. The third kappa shape index (κ3) is 4.18. The van der Waals surface area contributed by atoms with E-state index in [0.717, 1.165) is 4.90 Å². The highest BCUT2D eigenvalue weighted by molar-refractivity contribution is 7.91. The number of sulfone groups is 1. The van der Waals surface area contributed by atoms with Gasteiger partial charge in [-0.3, -0.25) is 14.5 Å². The molecule has 0 radical (unpaired) electrons. The van der Waals surface area contributed by atoms with Crippen molar-refractivity contribution < 1.29 is 27.2 Å². The highest BCUT2D eigenvalue weighted by Crippen LogP contribution is 2.16. The molecular formula is C16H18FN3O5S. The van der Waals surface area contributed by atoms with Crippen molar-refractivity contribution >= 4 is 27.7 Å². The Kier molecular flexibility index (Phi) is 4.94. The van der Waals surface area contributed by atoms with Crippen molar-refractivity contribution in [1.82, 2.24) is 15.5 Å². The second kappa shape index (κ2) is 7.02. The summed E-state index contributed by atoms with van der Waals surface area (Å²) in [7, 11) is -3.13. The topological polar surface area (TPSA) is 113 Å². The number of nitrogens with zero attached hydrogens (tertiary/aromatic N) is 1. The summed E-state index contributed by atoms with van der Waals surface area (Å²) in [6, 6.07) is 3.40. The normalized spacial score (nSPS) is 24.6. The van der Waals surface area contributed by atoms with E-state index in [1.807, 2.05) is 0 Å². The van der Waals surface area contributed by atoms with Crippen LogP contribution in [0.5, 0.6) is 0 Å². The van der Waals surface area contributed by atoms with E-state index in [-0.39, 0.29) is 24.5 Å². The average molecular weight is 383 g/mol. The molecule has 3 rings (SSSR count). The highest BCUT2D eigenvalue weighted by atomic mass is 32.2. The molecule has 0 aromatic heterocycles. The molecule has 2 heterocycles. The van der Waals surface area contributed by atoms with Crippen LogP contribution < -0.4 is 10.6 Å². The number of urea groups is 1. The zero-order valence-electron chi connectivity index (χ0n) is 13.8. The summed E-state index contributed by atoms with van der Waals surface area (Å²) in [5, 5.41) is 5.00. The van der Waals surface area contributed by atoms with Crippen LogP contribution in [0.15, 0.2) is 24.3 Å². The molecule has 8 nitrogen and oxygen atoms in total. The van der Waals surface area contributed by atoms with Gasteiger partial charge in [0.1, 0.15) is 11.9 Å². The zero-order valence-corrected chi connectivity index (χ0v) is 14.6. The summed E-state index contributed by atoms with van der Waals surface area (Å²) >= 11 is 0. The molecule has 2 aliphatic rings. The van der Waals surface area contributed by atoms with Crippen LogP contribution in [0.1, 0.15) is 18.4 Å². The highest BCUT2D eigenvalue weighted by Gasteiger charge is 2.39. The van der Waals surface area contributed by atoms with E-state index >= 15 is 0 Å². The minimum atomic E-state index is -3.13. The van der Waals surface area contributed by atoms with Crippen LogP contribution in [-0.4, -0.2) is 54.8 Å². The van der Waals surface area contributed by atoms with E-state index < -0.39 is 45.6 Å². The quantitative estimate of drug-likeness (QED) is 0.692. The number of amides is 4. The second-order valence-electron chi connectivity index (χ2n) is 6.43. The van der Waals surface area contributed by atoms with Gasteiger partial charge in [-0.25, -0.2) is 17.6 Å². The first-order valence-electron chi connectivity index (χ1n) is 8.09. The molecule has 0 aliphatic carbocycles. The van der Waals surface area contributed by atoms with Gasteiger partial charge in [0.15, 0.2) is 9.84 Å². The van der Waals surface area contributed by atoms with Crippen LogP contribution in [0.3, 0.4) is 0 Å². The molecule has 1 aromatic carbocycles. The van der Waals surface area contributed by atoms with Gasteiger partial charge in [-0.05, 0) is 24.1 Å². The van der Waals surface area contributed by atoms with Crippen molar-refractivity contribution in [1.29, 1.82) is 0 Å².